The summed E-state index contributed by atoms with van der Waals surface area (Å²) in [5, 5.41) is 8.78. The predicted octanol–water partition coefficient (Wildman–Crippen LogP) is 6.54. The van der Waals surface area contributed by atoms with Crippen molar-refractivity contribution in [2.45, 2.75) is 48.9 Å². The van der Waals surface area contributed by atoms with Gasteiger partial charge in [-0.25, -0.2) is 13.9 Å². The molecule has 0 unspecified atom stereocenters. The normalized spacial score (nSPS) is 18.7. The number of hydrogen-bond donors (Lipinski definition) is 4. The number of ether oxygens (including phenoxy) is 1. The quantitative estimate of drug-likeness (QED) is 0.170. The number of nitrogens with one attached hydrogen (secondary N) is 1. The minimum atomic E-state index is -3.50. The summed E-state index contributed by atoms with van der Waals surface area (Å²) in [4.78, 5) is 13.4. The van der Waals surface area contributed by atoms with Gasteiger partial charge in [0.25, 0.3) is 0 Å². The molecule has 0 radical (unpaired) electrons. The number of carboxylic acids is 1. The van der Waals surface area contributed by atoms with E-state index < -0.39 is 22.6 Å². The zero-order valence-electron chi connectivity index (χ0n) is 18.8. The molecule has 186 valence electrons. The van der Waals surface area contributed by atoms with Crippen LogP contribution in [0.5, 0.6) is 5.75 Å². The number of benzene rings is 2. The summed E-state index contributed by atoms with van der Waals surface area (Å²) < 4.78 is 57.6. The Labute approximate surface area is 203 Å². The van der Waals surface area contributed by atoms with Crippen LogP contribution in [0, 0.1) is 5.82 Å². The Kier molecular flexibility index (Phi) is 8.83. The number of unbranched alkanes of at least 4 members (excludes halogenated alkanes) is 1. The van der Waals surface area contributed by atoms with E-state index in [2.05, 4.69) is 4.72 Å². The molecule has 0 aromatic heterocycles. The number of anilines is 2. The number of nitrogens with zero attached hydrogens (tertiary/aromatic N) is 1. The molecule has 0 amide bonds. The number of carboxylic acid groups (broad SMARTS) is 1. The van der Waals surface area contributed by atoms with Crippen LogP contribution in [0.25, 0.3) is 0 Å². The Morgan fingerprint density at radius 3 is 2.62 bits per heavy atom. The average Bonchev–Trinajstić information content (AvgIpc) is 2.90. The van der Waals surface area contributed by atoms with Gasteiger partial charge in [-0.05, 0) is 42.5 Å². The Hall–Kier alpha value is -2.31. The molecule has 2 aromatic carbocycles. The summed E-state index contributed by atoms with van der Waals surface area (Å²) in [6.45, 7) is 4.35. The molecule has 1 aliphatic rings. The molecular weight excluding hydrogens is 486 g/mol. The van der Waals surface area contributed by atoms with Gasteiger partial charge in [-0.3, -0.25) is 9.11 Å². The summed E-state index contributed by atoms with van der Waals surface area (Å²) in [6.07, 6.45) is 2.95. The molecule has 2 aromatic rings. The number of rotatable bonds is 9. The standard InChI is InChI=1S/C23H28F2N2O5S2/c1-3-5-6-16-13-27(17-9-7-15(24)8-10-17)19-11-21(33-4-2)20(32-14-18(25)23(28)29)12-22(19)34(30,31)26-16/h7-12,14,16,26,30-31H,3-6,13H2,1-2H3,(H,28,29)/b18-14-/t16-/m1/s1. The molecule has 11 heteroatoms. The largest absolute Gasteiger partial charge is 0.476 e. The van der Waals surface area contributed by atoms with E-state index in [4.69, 9.17) is 9.84 Å². The number of thioether (sulfide) groups is 1. The Morgan fingerprint density at radius 2 is 2.00 bits per heavy atom. The van der Waals surface area contributed by atoms with E-state index in [1.54, 1.807) is 18.2 Å². The number of halogens is 2. The highest BCUT2D eigenvalue weighted by Gasteiger charge is 2.33. The van der Waals surface area contributed by atoms with Gasteiger partial charge >= 0.3 is 5.97 Å². The lowest BCUT2D eigenvalue weighted by Crippen LogP contribution is -2.37. The van der Waals surface area contributed by atoms with Crippen LogP contribution in [-0.4, -0.2) is 38.5 Å². The minimum Gasteiger partial charge on any atom is -0.476 e. The maximum Gasteiger partial charge on any atom is 0.368 e. The van der Waals surface area contributed by atoms with Gasteiger partial charge in [-0.1, -0.05) is 26.7 Å². The fourth-order valence-corrected chi connectivity index (χ4v) is 5.89. The van der Waals surface area contributed by atoms with Crippen LogP contribution < -0.4 is 14.4 Å². The zero-order valence-corrected chi connectivity index (χ0v) is 20.5. The highest BCUT2D eigenvalue weighted by Crippen LogP contribution is 2.55. The first kappa shape index (κ1) is 26.3. The van der Waals surface area contributed by atoms with Crippen molar-refractivity contribution in [1.82, 2.24) is 4.72 Å². The van der Waals surface area contributed by atoms with E-state index in [0.29, 0.717) is 41.3 Å². The molecule has 34 heavy (non-hydrogen) atoms. The molecule has 1 heterocycles. The number of hydrogen-bond acceptors (Lipinski definition) is 7. The SMILES string of the molecule is CCCC[C@@H]1CN(c2ccc(F)cc2)c2cc(SCC)c(O/C=C(\F)C(=O)O)cc2S(O)(O)N1. The van der Waals surface area contributed by atoms with Crippen molar-refractivity contribution >= 4 is 39.9 Å². The van der Waals surface area contributed by atoms with E-state index in [9.17, 15) is 22.7 Å². The van der Waals surface area contributed by atoms with Crippen LogP contribution >= 0.6 is 22.5 Å². The molecule has 0 fully saturated rings. The van der Waals surface area contributed by atoms with Crippen molar-refractivity contribution in [2.75, 3.05) is 17.2 Å². The van der Waals surface area contributed by atoms with E-state index in [0.717, 1.165) is 12.8 Å². The van der Waals surface area contributed by atoms with Crippen molar-refractivity contribution in [2.24, 2.45) is 0 Å². The number of fused-ring (bicyclic) bond motifs is 1. The molecule has 1 atom stereocenters. The molecule has 0 bridgehead atoms. The summed E-state index contributed by atoms with van der Waals surface area (Å²) in [6, 6.07) is 8.73. The first-order chi connectivity index (χ1) is 16.2. The molecule has 0 spiro atoms. The van der Waals surface area contributed by atoms with Crippen molar-refractivity contribution in [3.63, 3.8) is 0 Å². The summed E-state index contributed by atoms with van der Waals surface area (Å²) in [5.41, 5.74) is 1.16. The lowest BCUT2D eigenvalue weighted by Gasteiger charge is -2.35. The van der Waals surface area contributed by atoms with E-state index in [1.807, 2.05) is 18.7 Å². The topological polar surface area (TPSA) is 102 Å². The third-order valence-corrected chi connectivity index (χ3v) is 7.72. The third kappa shape index (κ3) is 6.22. The van der Waals surface area contributed by atoms with Crippen LogP contribution in [0.15, 0.2) is 58.3 Å². The molecule has 1 aliphatic heterocycles. The molecule has 0 saturated heterocycles. The second kappa shape index (κ2) is 11.4. The fourth-order valence-electron chi connectivity index (χ4n) is 3.61. The van der Waals surface area contributed by atoms with Crippen LogP contribution in [0.4, 0.5) is 20.2 Å². The Bertz CT molecular complexity index is 1050. The van der Waals surface area contributed by atoms with Crippen molar-refractivity contribution in [3.05, 3.63) is 54.3 Å². The summed E-state index contributed by atoms with van der Waals surface area (Å²) in [5.74, 6) is -2.92. The Morgan fingerprint density at radius 1 is 1.29 bits per heavy atom. The van der Waals surface area contributed by atoms with Crippen LogP contribution in [0.2, 0.25) is 0 Å². The van der Waals surface area contributed by atoms with Gasteiger partial charge in [0.15, 0.2) is 0 Å². The first-order valence-electron chi connectivity index (χ1n) is 10.8. The maximum atomic E-state index is 13.6. The summed E-state index contributed by atoms with van der Waals surface area (Å²) in [7, 11) is -3.50. The summed E-state index contributed by atoms with van der Waals surface area (Å²) >= 11 is 1.37. The maximum absolute atomic E-state index is 13.6. The van der Waals surface area contributed by atoms with E-state index >= 15 is 0 Å². The second-order valence-electron chi connectivity index (χ2n) is 7.68. The number of carbonyl (C=O) groups is 1. The van der Waals surface area contributed by atoms with Gasteiger partial charge in [-0.15, -0.1) is 22.5 Å². The minimum absolute atomic E-state index is 0.0924. The van der Waals surface area contributed by atoms with E-state index in [1.165, 1.54) is 30.0 Å². The van der Waals surface area contributed by atoms with Crippen molar-refractivity contribution in [1.29, 1.82) is 0 Å². The molecule has 0 saturated carbocycles. The smallest absolute Gasteiger partial charge is 0.368 e. The van der Waals surface area contributed by atoms with Gasteiger partial charge < -0.3 is 14.7 Å². The van der Waals surface area contributed by atoms with Gasteiger partial charge in [0, 0.05) is 24.3 Å². The van der Waals surface area contributed by atoms with Gasteiger partial charge in [-0.2, -0.15) is 4.39 Å². The van der Waals surface area contributed by atoms with Crippen molar-refractivity contribution in [3.8, 4) is 5.75 Å². The Balaban J connectivity index is 2.16. The van der Waals surface area contributed by atoms with Crippen LogP contribution in [0.3, 0.4) is 0 Å². The van der Waals surface area contributed by atoms with Crippen LogP contribution in [0.1, 0.15) is 33.1 Å². The lowest BCUT2D eigenvalue weighted by molar-refractivity contribution is -0.134. The highest BCUT2D eigenvalue weighted by molar-refractivity contribution is 8.22. The highest BCUT2D eigenvalue weighted by atomic mass is 32.3. The molecular formula is C23H28F2N2O5S2. The van der Waals surface area contributed by atoms with Gasteiger partial charge in [0.1, 0.15) is 22.7 Å². The molecule has 3 rings (SSSR count). The fraction of sp³-hybridized carbons (Fsp3) is 0.348. The predicted molar refractivity (Wildman–Crippen MR) is 131 cm³/mol. The van der Waals surface area contributed by atoms with Crippen LogP contribution in [-0.2, 0) is 4.79 Å². The van der Waals surface area contributed by atoms with Gasteiger partial charge in [0.2, 0.25) is 5.83 Å². The zero-order chi connectivity index (χ0) is 24.9. The average molecular weight is 515 g/mol. The molecule has 4 N–H and O–H groups in total. The van der Waals surface area contributed by atoms with Gasteiger partial charge in [0.05, 0.1) is 10.6 Å². The second-order valence-corrected chi connectivity index (χ2v) is 10.8. The first-order valence-corrected chi connectivity index (χ1v) is 13.3. The molecule has 0 aliphatic carbocycles. The lowest BCUT2D eigenvalue weighted by atomic mass is 10.1. The third-order valence-electron chi connectivity index (χ3n) is 5.19. The molecule has 7 nitrogen and oxygen atoms in total. The van der Waals surface area contributed by atoms with Crippen molar-refractivity contribution < 1.29 is 32.5 Å². The number of aliphatic carboxylic acids is 1. The monoisotopic (exact) mass is 514 g/mol. The van der Waals surface area contributed by atoms with E-state index in [-0.39, 0.29) is 22.5 Å².